The Balaban J connectivity index is 1.81. The highest BCUT2D eigenvalue weighted by Crippen LogP contribution is 2.25. The lowest BCUT2D eigenvalue weighted by Gasteiger charge is -2.23. The van der Waals surface area contributed by atoms with Crippen LogP contribution in [0.2, 0.25) is 0 Å². The molecular weight excluding hydrogens is 324 g/mol. The molecule has 24 heavy (non-hydrogen) atoms. The first-order chi connectivity index (χ1) is 11.5. The van der Waals surface area contributed by atoms with Crippen LogP contribution in [0.25, 0.3) is 0 Å². The van der Waals surface area contributed by atoms with E-state index in [1.807, 2.05) is 12.1 Å². The second kappa shape index (κ2) is 6.76. The fourth-order valence-corrected chi connectivity index (χ4v) is 4.61. The van der Waals surface area contributed by atoms with Crippen LogP contribution in [-0.2, 0) is 9.84 Å². The summed E-state index contributed by atoms with van der Waals surface area (Å²) in [5, 5.41) is 3.15. The summed E-state index contributed by atoms with van der Waals surface area (Å²) in [4.78, 5) is 10.9. The van der Waals surface area contributed by atoms with Crippen molar-refractivity contribution in [3.8, 4) is 0 Å². The van der Waals surface area contributed by atoms with Crippen molar-refractivity contribution in [1.82, 2.24) is 9.97 Å². The van der Waals surface area contributed by atoms with Gasteiger partial charge in [-0.3, -0.25) is 0 Å². The van der Waals surface area contributed by atoms with Gasteiger partial charge in [-0.1, -0.05) is 12.1 Å². The summed E-state index contributed by atoms with van der Waals surface area (Å²) in [6.07, 6.45) is 2.30. The molecule has 128 valence electrons. The van der Waals surface area contributed by atoms with Gasteiger partial charge in [-0.15, -0.1) is 0 Å². The Kier molecular flexibility index (Phi) is 4.71. The van der Waals surface area contributed by atoms with E-state index in [4.69, 9.17) is 0 Å². The maximum absolute atomic E-state index is 11.6. The van der Waals surface area contributed by atoms with Crippen molar-refractivity contribution >= 4 is 27.3 Å². The molecule has 6 nitrogen and oxygen atoms in total. The van der Waals surface area contributed by atoms with E-state index in [0.717, 1.165) is 18.1 Å². The van der Waals surface area contributed by atoms with Crippen molar-refractivity contribution < 1.29 is 8.42 Å². The molecule has 7 heteroatoms. The average Bonchev–Trinajstić information content (AvgIpc) is 2.87. The fourth-order valence-electron chi connectivity index (χ4n) is 2.93. The molecule has 0 bridgehead atoms. The van der Waals surface area contributed by atoms with Crippen molar-refractivity contribution in [3.05, 3.63) is 42.1 Å². The number of rotatable bonds is 5. The summed E-state index contributed by atoms with van der Waals surface area (Å²) in [5.74, 6) is 1.65. The van der Waals surface area contributed by atoms with Crippen LogP contribution in [0.3, 0.4) is 0 Å². The molecule has 1 aliphatic heterocycles. The molecule has 1 saturated heterocycles. The first kappa shape index (κ1) is 16.7. The lowest BCUT2D eigenvalue weighted by molar-refractivity contribution is 0.602. The summed E-state index contributed by atoms with van der Waals surface area (Å²) in [6.45, 7) is 4.91. The molecule has 1 aromatic heterocycles. The topological polar surface area (TPSA) is 75.2 Å². The maximum Gasteiger partial charge on any atom is 0.224 e. The number of nitrogens with one attached hydrogen (secondary N) is 1. The van der Waals surface area contributed by atoms with Crippen molar-refractivity contribution in [3.63, 3.8) is 0 Å². The summed E-state index contributed by atoms with van der Waals surface area (Å²) < 4.78 is 23.2. The standard InChI is InChI=1S/C17H22N4O2S/c1-3-21(15-6-4-5-13(2)11-15)16-7-9-18-17(20-16)19-14-8-10-24(22,23)12-14/h4-7,9,11,14H,3,8,10,12H2,1-2H3,(H,18,19,20). The number of hydrogen-bond donors (Lipinski definition) is 1. The number of aryl methyl sites for hydroxylation is 1. The molecule has 1 atom stereocenters. The van der Waals surface area contributed by atoms with Gasteiger partial charge in [-0.25, -0.2) is 13.4 Å². The van der Waals surface area contributed by atoms with Gasteiger partial charge < -0.3 is 10.2 Å². The first-order valence-corrected chi connectivity index (χ1v) is 9.93. The zero-order chi connectivity index (χ0) is 17.2. The molecule has 3 rings (SSSR count). The molecule has 1 fully saturated rings. The van der Waals surface area contributed by atoms with Crippen LogP contribution >= 0.6 is 0 Å². The monoisotopic (exact) mass is 346 g/mol. The normalized spacial score (nSPS) is 19.2. The summed E-state index contributed by atoms with van der Waals surface area (Å²) in [5.41, 5.74) is 2.26. The molecular formula is C17H22N4O2S. The third-order valence-corrected chi connectivity index (χ3v) is 5.88. The highest BCUT2D eigenvalue weighted by molar-refractivity contribution is 7.91. The molecule has 0 aliphatic carbocycles. The van der Waals surface area contributed by atoms with Crippen molar-refractivity contribution in [1.29, 1.82) is 0 Å². The largest absolute Gasteiger partial charge is 0.350 e. The Bertz CT molecular complexity index is 823. The van der Waals surface area contributed by atoms with Gasteiger partial charge in [0, 0.05) is 24.5 Å². The van der Waals surface area contributed by atoms with Gasteiger partial charge in [-0.2, -0.15) is 4.98 Å². The fraction of sp³-hybridized carbons (Fsp3) is 0.412. The highest BCUT2D eigenvalue weighted by atomic mass is 32.2. The molecule has 0 radical (unpaired) electrons. The van der Waals surface area contributed by atoms with Crippen LogP contribution in [-0.4, -0.2) is 42.5 Å². The SMILES string of the molecule is CCN(c1cccc(C)c1)c1ccnc(NC2CCS(=O)(=O)C2)n1. The van der Waals surface area contributed by atoms with E-state index in [1.54, 1.807) is 6.20 Å². The molecule has 0 saturated carbocycles. The average molecular weight is 346 g/mol. The Hall–Kier alpha value is -2.15. The van der Waals surface area contributed by atoms with Crippen LogP contribution in [0, 0.1) is 6.92 Å². The van der Waals surface area contributed by atoms with Crippen LogP contribution in [0.1, 0.15) is 18.9 Å². The van der Waals surface area contributed by atoms with E-state index in [0.29, 0.717) is 12.4 Å². The second-order valence-electron chi connectivity index (χ2n) is 6.07. The number of benzene rings is 1. The van der Waals surface area contributed by atoms with Gasteiger partial charge in [0.2, 0.25) is 5.95 Å². The smallest absolute Gasteiger partial charge is 0.224 e. The van der Waals surface area contributed by atoms with Crippen LogP contribution in [0.4, 0.5) is 17.5 Å². The highest BCUT2D eigenvalue weighted by Gasteiger charge is 2.28. The molecule has 1 aromatic carbocycles. The number of nitrogens with zero attached hydrogens (tertiary/aromatic N) is 3. The predicted octanol–water partition coefficient (Wildman–Crippen LogP) is 2.54. The Morgan fingerprint density at radius 2 is 2.17 bits per heavy atom. The lowest BCUT2D eigenvalue weighted by atomic mass is 10.2. The number of aromatic nitrogens is 2. The third-order valence-electron chi connectivity index (χ3n) is 4.11. The van der Waals surface area contributed by atoms with E-state index < -0.39 is 9.84 Å². The van der Waals surface area contributed by atoms with Crippen LogP contribution in [0.5, 0.6) is 0 Å². The van der Waals surface area contributed by atoms with Gasteiger partial charge in [0.15, 0.2) is 9.84 Å². The van der Waals surface area contributed by atoms with E-state index in [-0.39, 0.29) is 17.5 Å². The number of anilines is 3. The molecule has 2 heterocycles. The van der Waals surface area contributed by atoms with Gasteiger partial charge >= 0.3 is 0 Å². The van der Waals surface area contributed by atoms with Crippen molar-refractivity contribution in [2.75, 3.05) is 28.3 Å². The molecule has 2 aromatic rings. The Morgan fingerprint density at radius 1 is 1.33 bits per heavy atom. The van der Waals surface area contributed by atoms with Crippen molar-refractivity contribution in [2.24, 2.45) is 0 Å². The second-order valence-corrected chi connectivity index (χ2v) is 8.29. The van der Waals surface area contributed by atoms with Gasteiger partial charge in [0.25, 0.3) is 0 Å². The van der Waals surface area contributed by atoms with Gasteiger partial charge in [0.05, 0.1) is 11.5 Å². The molecule has 0 spiro atoms. The zero-order valence-electron chi connectivity index (χ0n) is 13.9. The predicted molar refractivity (Wildman–Crippen MR) is 96.6 cm³/mol. The molecule has 1 unspecified atom stereocenters. The minimum absolute atomic E-state index is 0.112. The number of hydrogen-bond acceptors (Lipinski definition) is 6. The molecule has 0 amide bonds. The number of sulfone groups is 1. The first-order valence-electron chi connectivity index (χ1n) is 8.11. The maximum atomic E-state index is 11.6. The van der Waals surface area contributed by atoms with E-state index >= 15 is 0 Å². The van der Waals surface area contributed by atoms with Crippen LogP contribution in [0.15, 0.2) is 36.5 Å². The Labute approximate surface area is 142 Å². The quantitative estimate of drug-likeness (QED) is 0.897. The summed E-state index contributed by atoms with van der Waals surface area (Å²) in [7, 11) is -2.92. The van der Waals surface area contributed by atoms with Crippen molar-refractivity contribution in [2.45, 2.75) is 26.3 Å². The minimum atomic E-state index is -2.92. The van der Waals surface area contributed by atoms with E-state index in [9.17, 15) is 8.42 Å². The molecule has 1 aliphatic rings. The minimum Gasteiger partial charge on any atom is -0.350 e. The van der Waals surface area contributed by atoms with Gasteiger partial charge in [0.1, 0.15) is 5.82 Å². The summed E-state index contributed by atoms with van der Waals surface area (Å²) >= 11 is 0. The van der Waals surface area contributed by atoms with Gasteiger partial charge in [-0.05, 0) is 44.0 Å². The van der Waals surface area contributed by atoms with E-state index in [2.05, 4.69) is 52.2 Å². The zero-order valence-corrected chi connectivity index (χ0v) is 14.8. The molecule has 1 N–H and O–H groups in total. The summed E-state index contributed by atoms with van der Waals surface area (Å²) in [6, 6.07) is 10.0. The van der Waals surface area contributed by atoms with E-state index in [1.165, 1.54) is 5.56 Å². The Morgan fingerprint density at radius 3 is 2.83 bits per heavy atom. The third kappa shape index (κ3) is 3.84. The lowest BCUT2D eigenvalue weighted by Crippen LogP contribution is -2.23. The van der Waals surface area contributed by atoms with Crippen LogP contribution < -0.4 is 10.2 Å².